The van der Waals surface area contributed by atoms with E-state index in [2.05, 4.69) is 5.32 Å². The molecule has 0 radical (unpaired) electrons. The van der Waals surface area contributed by atoms with E-state index in [0.29, 0.717) is 13.1 Å². The fraction of sp³-hybridized carbons (Fsp3) is 0.188. The minimum Gasteiger partial charge on any atom is -0.334 e. The molecule has 0 heterocycles. The van der Waals surface area contributed by atoms with Gasteiger partial charge in [0.15, 0.2) is 0 Å². The van der Waals surface area contributed by atoms with E-state index in [-0.39, 0.29) is 11.8 Å². The number of urea groups is 1. The predicted octanol–water partition coefficient (Wildman–Crippen LogP) is 3.17. The number of nitrogens with zero attached hydrogens (tertiary/aromatic N) is 1. The molecule has 20 heavy (non-hydrogen) atoms. The number of carbonyl (C=O) groups is 1. The van der Waals surface area contributed by atoms with E-state index < -0.39 is 0 Å². The highest BCUT2D eigenvalue weighted by Crippen LogP contribution is 2.04. The average molecular weight is 272 g/mol. The van der Waals surface area contributed by atoms with Crippen LogP contribution in [0.5, 0.6) is 0 Å². The van der Waals surface area contributed by atoms with Crippen molar-refractivity contribution in [2.45, 2.75) is 13.1 Å². The van der Waals surface area contributed by atoms with Gasteiger partial charge >= 0.3 is 6.03 Å². The minimum absolute atomic E-state index is 0.154. The van der Waals surface area contributed by atoms with Crippen LogP contribution in [0.4, 0.5) is 9.18 Å². The van der Waals surface area contributed by atoms with Crippen LogP contribution < -0.4 is 5.32 Å². The maximum absolute atomic E-state index is 12.8. The molecule has 0 fully saturated rings. The molecule has 3 nitrogen and oxygen atoms in total. The monoisotopic (exact) mass is 272 g/mol. The van der Waals surface area contributed by atoms with Crippen LogP contribution in [0, 0.1) is 5.82 Å². The number of amides is 2. The third-order valence-corrected chi connectivity index (χ3v) is 2.97. The second-order valence-electron chi connectivity index (χ2n) is 4.63. The topological polar surface area (TPSA) is 32.3 Å². The molecule has 0 saturated carbocycles. The summed E-state index contributed by atoms with van der Waals surface area (Å²) in [5.41, 5.74) is 1.94. The van der Waals surface area contributed by atoms with E-state index in [0.717, 1.165) is 11.1 Å². The highest BCUT2D eigenvalue weighted by molar-refractivity contribution is 5.73. The van der Waals surface area contributed by atoms with Crippen LogP contribution in [0.2, 0.25) is 0 Å². The minimum atomic E-state index is -0.277. The van der Waals surface area contributed by atoms with Crippen molar-refractivity contribution in [3.8, 4) is 0 Å². The van der Waals surface area contributed by atoms with Crippen molar-refractivity contribution < 1.29 is 9.18 Å². The van der Waals surface area contributed by atoms with Gasteiger partial charge in [0.2, 0.25) is 0 Å². The van der Waals surface area contributed by atoms with Crippen molar-refractivity contribution >= 4 is 6.03 Å². The smallest absolute Gasteiger partial charge is 0.317 e. The number of rotatable bonds is 4. The fourth-order valence-electron chi connectivity index (χ4n) is 1.84. The standard InChI is InChI=1S/C16H17FN2O/c1-19(12-14-5-3-2-4-6-14)16(20)18-11-13-7-9-15(17)10-8-13/h2-10H,11-12H2,1H3,(H,18,20). The summed E-state index contributed by atoms with van der Waals surface area (Å²) < 4.78 is 12.8. The molecule has 104 valence electrons. The van der Waals surface area contributed by atoms with Gasteiger partial charge in [-0.3, -0.25) is 0 Å². The van der Waals surface area contributed by atoms with Crippen molar-refractivity contribution in [2.24, 2.45) is 0 Å². The highest BCUT2D eigenvalue weighted by Gasteiger charge is 2.08. The molecule has 0 bridgehead atoms. The zero-order valence-corrected chi connectivity index (χ0v) is 11.3. The van der Waals surface area contributed by atoms with E-state index in [1.54, 1.807) is 24.1 Å². The molecule has 0 atom stereocenters. The normalized spacial score (nSPS) is 10.1. The lowest BCUT2D eigenvalue weighted by molar-refractivity contribution is 0.206. The summed E-state index contributed by atoms with van der Waals surface area (Å²) in [6.07, 6.45) is 0. The maximum Gasteiger partial charge on any atom is 0.317 e. The lowest BCUT2D eigenvalue weighted by Crippen LogP contribution is -2.36. The zero-order valence-electron chi connectivity index (χ0n) is 11.3. The largest absolute Gasteiger partial charge is 0.334 e. The number of carbonyl (C=O) groups excluding carboxylic acids is 1. The molecule has 1 N–H and O–H groups in total. The van der Waals surface area contributed by atoms with Crippen LogP contribution in [-0.2, 0) is 13.1 Å². The Hall–Kier alpha value is -2.36. The number of hydrogen-bond donors (Lipinski definition) is 1. The first-order valence-electron chi connectivity index (χ1n) is 6.42. The van der Waals surface area contributed by atoms with Gasteiger partial charge in [-0.05, 0) is 23.3 Å². The third-order valence-electron chi connectivity index (χ3n) is 2.97. The zero-order chi connectivity index (χ0) is 14.4. The molecule has 0 unspecified atom stereocenters. The van der Waals surface area contributed by atoms with E-state index in [9.17, 15) is 9.18 Å². The molecule has 4 heteroatoms. The molecule has 0 aromatic heterocycles. The Morgan fingerprint density at radius 3 is 2.35 bits per heavy atom. The van der Waals surface area contributed by atoms with Crippen LogP contribution >= 0.6 is 0 Å². The molecule has 0 aliphatic rings. The van der Waals surface area contributed by atoms with E-state index in [1.165, 1.54) is 12.1 Å². The lowest BCUT2D eigenvalue weighted by Gasteiger charge is -2.18. The van der Waals surface area contributed by atoms with Gasteiger partial charge in [0.25, 0.3) is 0 Å². The molecular formula is C16H17FN2O. The number of nitrogens with one attached hydrogen (secondary N) is 1. The van der Waals surface area contributed by atoms with E-state index in [4.69, 9.17) is 0 Å². The van der Waals surface area contributed by atoms with Gasteiger partial charge in [0, 0.05) is 20.1 Å². The summed E-state index contributed by atoms with van der Waals surface area (Å²) in [6.45, 7) is 0.939. The summed E-state index contributed by atoms with van der Waals surface area (Å²) in [4.78, 5) is 13.5. The maximum atomic E-state index is 12.8. The molecule has 0 spiro atoms. The Labute approximate surface area is 118 Å². The van der Waals surface area contributed by atoms with Gasteiger partial charge in [-0.15, -0.1) is 0 Å². The predicted molar refractivity (Wildman–Crippen MR) is 76.5 cm³/mol. The van der Waals surface area contributed by atoms with E-state index in [1.807, 2.05) is 30.3 Å². The molecule has 0 aliphatic carbocycles. The number of benzene rings is 2. The molecule has 2 amide bonds. The van der Waals surface area contributed by atoms with E-state index >= 15 is 0 Å². The van der Waals surface area contributed by atoms with Gasteiger partial charge in [-0.25, -0.2) is 9.18 Å². The summed E-state index contributed by atoms with van der Waals surface area (Å²) in [6, 6.07) is 15.7. The summed E-state index contributed by atoms with van der Waals surface area (Å²) in [5, 5.41) is 2.80. The van der Waals surface area contributed by atoms with Crippen molar-refractivity contribution in [1.29, 1.82) is 0 Å². The number of hydrogen-bond acceptors (Lipinski definition) is 1. The Balaban J connectivity index is 1.83. The average Bonchev–Trinajstić information content (AvgIpc) is 2.47. The third kappa shape index (κ3) is 4.09. The quantitative estimate of drug-likeness (QED) is 0.911. The molecule has 2 rings (SSSR count). The lowest BCUT2D eigenvalue weighted by atomic mass is 10.2. The molecule has 2 aromatic carbocycles. The Morgan fingerprint density at radius 1 is 1.05 bits per heavy atom. The molecule has 0 saturated heterocycles. The first-order chi connectivity index (χ1) is 9.65. The second-order valence-corrected chi connectivity index (χ2v) is 4.63. The molecule has 0 aliphatic heterocycles. The number of halogens is 1. The van der Waals surface area contributed by atoms with Crippen LogP contribution in [0.3, 0.4) is 0 Å². The van der Waals surface area contributed by atoms with Gasteiger partial charge < -0.3 is 10.2 Å². The van der Waals surface area contributed by atoms with Gasteiger partial charge in [0.05, 0.1) is 0 Å². The van der Waals surface area contributed by atoms with Crippen LogP contribution in [0.15, 0.2) is 54.6 Å². The molecular weight excluding hydrogens is 255 g/mol. The van der Waals surface area contributed by atoms with Crippen LogP contribution in [-0.4, -0.2) is 18.0 Å². The Morgan fingerprint density at radius 2 is 1.70 bits per heavy atom. The SMILES string of the molecule is CN(Cc1ccccc1)C(=O)NCc1ccc(F)cc1. The van der Waals surface area contributed by atoms with Crippen molar-refractivity contribution in [1.82, 2.24) is 10.2 Å². The van der Waals surface area contributed by atoms with Crippen molar-refractivity contribution in [3.63, 3.8) is 0 Å². The summed E-state index contributed by atoms with van der Waals surface area (Å²) in [7, 11) is 1.74. The Kier molecular flexibility index (Phi) is 4.71. The van der Waals surface area contributed by atoms with Crippen molar-refractivity contribution in [3.05, 3.63) is 71.5 Å². The second kappa shape index (κ2) is 6.70. The van der Waals surface area contributed by atoms with Gasteiger partial charge in [0.1, 0.15) is 5.82 Å². The summed E-state index contributed by atoms with van der Waals surface area (Å²) in [5.74, 6) is -0.277. The van der Waals surface area contributed by atoms with Gasteiger partial charge in [-0.2, -0.15) is 0 Å². The first kappa shape index (κ1) is 14.1. The van der Waals surface area contributed by atoms with Gasteiger partial charge in [-0.1, -0.05) is 42.5 Å². The van der Waals surface area contributed by atoms with Crippen molar-refractivity contribution in [2.75, 3.05) is 7.05 Å². The highest BCUT2D eigenvalue weighted by atomic mass is 19.1. The first-order valence-corrected chi connectivity index (χ1v) is 6.42. The fourth-order valence-corrected chi connectivity index (χ4v) is 1.84. The molecule has 2 aromatic rings. The van der Waals surface area contributed by atoms with Crippen LogP contribution in [0.1, 0.15) is 11.1 Å². The Bertz CT molecular complexity index is 554. The van der Waals surface area contributed by atoms with Crippen LogP contribution in [0.25, 0.3) is 0 Å². The summed E-state index contributed by atoms with van der Waals surface area (Å²) >= 11 is 0.